The van der Waals surface area contributed by atoms with Gasteiger partial charge in [0, 0.05) is 31.7 Å². The molecule has 0 fully saturated rings. The van der Waals surface area contributed by atoms with Crippen LogP contribution in [0.15, 0.2) is 48.8 Å². The van der Waals surface area contributed by atoms with Crippen molar-refractivity contribution >= 4 is 5.91 Å². The van der Waals surface area contributed by atoms with Crippen LogP contribution >= 0.6 is 0 Å². The van der Waals surface area contributed by atoms with Gasteiger partial charge in [-0.15, -0.1) is 0 Å². The number of aryl methyl sites for hydroxylation is 1. The summed E-state index contributed by atoms with van der Waals surface area (Å²) in [6, 6.07) is 14.6. The van der Waals surface area contributed by atoms with Crippen molar-refractivity contribution in [2.24, 2.45) is 0 Å². The molecule has 6 heteroatoms. The molecule has 3 aromatic rings. The number of carbonyl (C=O) groups is 1. The van der Waals surface area contributed by atoms with Crippen LogP contribution in [0.2, 0.25) is 0 Å². The molecule has 0 radical (unpaired) electrons. The van der Waals surface area contributed by atoms with Gasteiger partial charge in [0.1, 0.15) is 5.75 Å². The fourth-order valence-corrected chi connectivity index (χ4v) is 4.60. The lowest BCUT2D eigenvalue weighted by Crippen LogP contribution is -2.36. The van der Waals surface area contributed by atoms with Crippen LogP contribution in [0, 0.1) is 6.92 Å². The number of hydrogen-bond acceptors (Lipinski definition) is 4. The van der Waals surface area contributed by atoms with E-state index in [-0.39, 0.29) is 11.9 Å². The van der Waals surface area contributed by atoms with Gasteiger partial charge in [0.05, 0.1) is 30.9 Å². The molecule has 0 saturated carbocycles. The van der Waals surface area contributed by atoms with E-state index in [2.05, 4.69) is 39.1 Å². The van der Waals surface area contributed by atoms with Crippen molar-refractivity contribution in [1.29, 1.82) is 0 Å². The Labute approximate surface area is 190 Å². The summed E-state index contributed by atoms with van der Waals surface area (Å²) in [4.78, 5) is 24.8. The number of nitrogens with zero attached hydrogens (tertiary/aromatic N) is 3. The van der Waals surface area contributed by atoms with Crippen molar-refractivity contribution < 1.29 is 9.53 Å². The summed E-state index contributed by atoms with van der Waals surface area (Å²) in [6.45, 7) is 9.22. The third-order valence-corrected chi connectivity index (χ3v) is 6.50. The molecular weight excluding hydrogens is 400 g/mol. The van der Waals surface area contributed by atoms with Crippen LogP contribution in [0.3, 0.4) is 0 Å². The van der Waals surface area contributed by atoms with Crippen molar-refractivity contribution in [3.63, 3.8) is 0 Å². The van der Waals surface area contributed by atoms with Crippen molar-refractivity contribution in [2.45, 2.75) is 39.8 Å². The van der Waals surface area contributed by atoms with E-state index < -0.39 is 0 Å². The number of carbonyl (C=O) groups excluding carboxylic acids is 1. The van der Waals surface area contributed by atoms with Crippen LogP contribution in [0.1, 0.15) is 58.3 Å². The molecule has 1 aliphatic rings. The summed E-state index contributed by atoms with van der Waals surface area (Å²) in [5.41, 5.74) is 6.69. The van der Waals surface area contributed by atoms with Crippen molar-refractivity contribution in [2.75, 3.05) is 26.7 Å². The standard InChI is InChI=1S/C26H32N4O2/c1-5-29(6-2)26(31)20-9-7-19(8-10-20)25-23-12-11-22(32-4)15-21(23)13-14-30(25)16-24-18(3)27-17-28-24/h7-12,15,17,25H,5-6,13-14,16H2,1-4H3,(H,27,28)/t25-/m1/s1. The maximum absolute atomic E-state index is 12.8. The highest BCUT2D eigenvalue weighted by atomic mass is 16.5. The van der Waals surface area contributed by atoms with Gasteiger partial charge in [-0.1, -0.05) is 18.2 Å². The molecule has 32 heavy (non-hydrogen) atoms. The average molecular weight is 433 g/mol. The Balaban J connectivity index is 1.70. The molecule has 0 spiro atoms. The smallest absolute Gasteiger partial charge is 0.253 e. The molecule has 1 aromatic heterocycles. The van der Waals surface area contributed by atoms with Gasteiger partial charge in [-0.25, -0.2) is 4.98 Å². The number of ether oxygens (including phenoxy) is 1. The van der Waals surface area contributed by atoms with Gasteiger partial charge in [0.25, 0.3) is 5.91 Å². The normalized spacial score (nSPS) is 15.9. The number of H-pyrrole nitrogens is 1. The van der Waals surface area contributed by atoms with Crippen molar-refractivity contribution in [3.05, 3.63) is 82.4 Å². The van der Waals surface area contributed by atoms with Crippen LogP contribution in [0.5, 0.6) is 5.75 Å². The zero-order chi connectivity index (χ0) is 22.7. The van der Waals surface area contributed by atoms with Crippen LogP contribution in [0.4, 0.5) is 0 Å². The molecule has 0 bridgehead atoms. The predicted molar refractivity (Wildman–Crippen MR) is 126 cm³/mol. The lowest BCUT2D eigenvalue weighted by molar-refractivity contribution is 0.0773. The molecular formula is C26H32N4O2. The highest BCUT2D eigenvalue weighted by Gasteiger charge is 2.30. The first-order valence-corrected chi connectivity index (χ1v) is 11.3. The molecule has 2 heterocycles. The van der Waals surface area contributed by atoms with Crippen LogP contribution in [0.25, 0.3) is 0 Å². The Morgan fingerprint density at radius 3 is 2.56 bits per heavy atom. The summed E-state index contributed by atoms with van der Waals surface area (Å²) in [6.07, 6.45) is 2.73. The summed E-state index contributed by atoms with van der Waals surface area (Å²) < 4.78 is 5.47. The molecule has 0 aliphatic carbocycles. The van der Waals surface area contributed by atoms with E-state index in [4.69, 9.17) is 4.74 Å². The summed E-state index contributed by atoms with van der Waals surface area (Å²) >= 11 is 0. The SMILES string of the molecule is CCN(CC)C(=O)c1ccc([C@@H]2c3ccc(OC)cc3CCN2Cc2[nH]cnc2C)cc1. The van der Waals surface area contributed by atoms with Gasteiger partial charge in [-0.05, 0) is 68.1 Å². The fraction of sp³-hybridized carbons (Fsp3) is 0.385. The first-order valence-electron chi connectivity index (χ1n) is 11.3. The minimum atomic E-state index is 0.0836. The Bertz CT molecular complexity index is 1070. The molecule has 0 saturated heterocycles. The lowest BCUT2D eigenvalue weighted by atomic mass is 9.87. The minimum Gasteiger partial charge on any atom is -0.497 e. The second-order valence-corrected chi connectivity index (χ2v) is 8.25. The number of hydrogen-bond donors (Lipinski definition) is 1. The predicted octanol–water partition coefficient (Wildman–Crippen LogP) is 4.36. The first kappa shape index (κ1) is 22.1. The van der Waals surface area contributed by atoms with Crippen LogP contribution in [-0.2, 0) is 13.0 Å². The first-order chi connectivity index (χ1) is 15.5. The molecule has 4 rings (SSSR count). The number of methoxy groups -OCH3 is 1. The van der Waals surface area contributed by atoms with Gasteiger partial charge in [-0.2, -0.15) is 0 Å². The van der Waals surface area contributed by atoms with Crippen molar-refractivity contribution in [3.8, 4) is 5.75 Å². The van der Waals surface area contributed by atoms with E-state index in [1.54, 1.807) is 13.4 Å². The van der Waals surface area contributed by atoms with Crippen molar-refractivity contribution in [1.82, 2.24) is 19.8 Å². The molecule has 1 atom stereocenters. The Hall–Kier alpha value is -3.12. The number of benzene rings is 2. The van der Waals surface area contributed by atoms with Gasteiger partial charge in [0.2, 0.25) is 0 Å². The molecule has 1 aliphatic heterocycles. The van der Waals surface area contributed by atoms with Gasteiger partial charge in [0.15, 0.2) is 0 Å². The topological polar surface area (TPSA) is 61.5 Å². The second-order valence-electron chi connectivity index (χ2n) is 8.25. The van der Waals surface area contributed by atoms with Crippen LogP contribution in [-0.4, -0.2) is 52.4 Å². The third-order valence-electron chi connectivity index (χ3n) is 6.50. The Morgan fingerprint density at radius 2 is 1.94 bits per heavy atom. The van der Waals surface area contributed by atoms with Crippen LogP contribution < -0.4 is 4.74 Å². The van der Waals surface area contributed by atoms with E-state index in [9.17, 15) is 4.79 Å². The second kappa shape index (κ2) is 9.57. The molecule has 0 unspecified atom stereocenters. The van der Waals surface area contributed by atoms with Gasteiger partial charge < -0.3 is 14.6 Å². The summed E-state index contributed by atoms with van der Waals surface area (Å²) in [5.74, 6) is 0.973. The number of rotatable bonds is 7. The number of imidazole rings is 1. The van der Waals surface area contributed by atoms with E-state index in [0.717, 1.165) is 42.2 Å². The number of aromatic amines is 1. The number of amides is 1. The monoisotopic (exact) mass is 432 g/mol. The summed E-state index contributed by atoms with van der Waals surface area (Å²) in [5, 5.41) is 0. The maximum Gasteiger partial charge on any atom is 0.253 e. The molecule has 1 N–H and O–H groups in total. The highest BCUT2D eigenvalue weighted by Crippen LogP contribution is 2.37. The number of aromatic nitrogens is 2. The van der Waals surface area contributed by atoms with Gasteiger partial charge >= 0.3 is 0 Å². The zero-order valence-corrected chi connectivity index (χ0v) is 19.4. The molecule has 168 valence electrons. The van der Waals surface area contributed by atoms with E-state index in [1.165, 1.54) is 16.7 Å². The third kappa shape index (κ3) is 4.28. The molecule has 6 nitrogen and oxygen atoms in total. The minimum absolute atomic E-state index is 0.0836. The largest absolute Gasteiger partial charge is 0.497 e. The molecule has 2 aromatic carbocycles. The van der Waals surface area contributed by atoms with E-state index >= 15 is 0 Å². The maximum atomic E-state index is 12.8. The lowest BCUT2D eigenvalue weighted by Gasteiger charge is -2.38. The zero-order valence-electron chi connectivity index (χ0n) is 19.4. The van der Waals surface area contributed by atoms with E-state index in [1.807, 2.05) is 43.9 Å². The quantitative estimate of drug-likeness (QED) is 0.603. The summed E-state index contributed by atoms with van der Waals surface area (Å²) in [7, 11) is 1.71. The Morgan fingerprint density at radius 1 is 1.19 bits per heavy atom. The average Bonchev–Trinajstić information content (AvgIpc) is 3.23. The Kier molecular flexibility index (Phi) is 6.61. The van der Waals surface area contributed by atoms with E-state index in [0.29, 0.717) is 13.1 Å². The number of fused-ring (bicyclic) bond motifs is 1. The van der Waals surface area contributed by atoms with Gasteiger partial charge in [-0.3, -0.25) is 9.69 Å². The molecule has 1 amide bonds. The fourth-order valence-electron chi connectivity index (χ4n) is 4.60. The highest BCUT2D eigenvalue weighted by molar-refractivity contribution is 5.94. The number of nitrogens with one attached hydrogen (secondary N) is 1.